The van der Waals surface area contributed by atoms with Crippen molar-refractivity contribution in [3.8, 4) is 0 Å². The number of hydrogen-bond donors (Lipinski definition) is 2. The lowest BCUT2D eigenvalue weighted by Gasteiger charge is -2.13. The molecule has 1 amide bonds. The van der Waals surface area contributed by atoms with Crippen LogP contribution in [0.1, 0.15) is 40.4 Å². The Morgan fingerprint density at radius 2 is 1.71 bits per heavy atom. The molecule has 0 fully saturated rings. The fourth-order valence-corrected chi connectivity index (χ4v) is 4.21. The minimum absolute atomic E-state index is 0.0913. The molecule has 0 saturated heterocycles. The molecule has 2 aromatic rings. The minimum atomic E-state index is -3.82. The normalized spacial score (nSPS) is 11.3. The Balaban J connectivity index is 2.18. The summed E-state index contributed by atoms with van der Waals surface area (Å²) in [6.45, 7) is 9.12. The van der Waals surface area contributed by atoms with E-state index in [2.05, 4.69) is 10.0 Å². The number of benzene rings is 2. The second kappa shape index (κ2) is 9.71. The molecule has 7 heteroatoms. The third kappa shape index (κ3) is 6.07. The van der Waals surface area contributed by atoms with Crippen molar-refractivity contribution in [2.75, 3.05) is 24.5 Å². The van der Waals surface area contributed by atoms with Crippen LogP contribution in [-0.4, -0.2) is 34.1 Å². The molecule has 2 N–H and O–H groups in total. The smallest absolute Gasteiger partial charge is 0.262 e. The van der Waals surface area contributed by atoms with Gasteiger partial charge in [0.1, 0.15) is 0 Å². The SMILES string of the molecule is CCOCCCNC(=O)c1ccc(C)c(S(=O)(=O)Nc2cc(C)cc(C)c2)c1. The van der Waals surface area contributed by atoms with Crippen LogP contribution in [0.5, 0.6) is 0 Å². The highest BCUT2D eigenvalue weighted by molar-refractivity contribution is 7.92. The van der Waals surface area contributed by atoms with E-state index < -0.39 is 10.0 Å². The third-order valence-corrected chi connectivity index (χ3v) is 5.69. The highest BCUT2D eigenvalue weighted by Gasteiger charge is 2.19. The second-order valence-electron chi connectivity index (χ2n) is 6.77. The first kappa shape index (κ1) is 21.9. The number of ether oxygens (including phenoxy) is 1. The Morgan fingerprint density at radius 1 is 1.04 bits per heavy atom. The van der Waals surface area contributed by atoms with Gasteiger partial charge in [0.25, 0.3) is 15.9 Å². The van der Waals surface area contributed by atoms with Crippen LogP contribution in [-0.2, 0) is 14.8 Å². The fraction of sp³-hybridized carbons (Fsp3) is 0.381. The molecule has 0 unspecified atom stereocenters. The Kier molecular flexibility index (Phi) is 7.60. The maximum absolute atomic E-state index is 12.9. The van der Waals surface area contributed by atoms with Crippen molar-refractivity contribution in [3.63, 3.8) is 0 Å². The van der Waals surface area contributed by atoms with Crippen molar-refractivity contribution in [1.29, 1.82) is 0 Å². The minimum Gasteiger partial charge on any atom is -0.382 e. The molecule has 0 aromatic heterocycles. The van der Waals surface area contributed by atoms with Gasteiger partial charge in [-0.1, -0.05) is 12.1 Å². The van der Waals surface area contributed by atoms with Gasteiger partial charge in [0, 0.05) is 31.0 Å². The lowest BCUT2D eigenvalue weighted by atomic mass is 10.1. The molecule has 0 aliphatic heterocycles. The van der Waals surface area contributed by atoms with Crippen molar-refractivity contribution in [3.05, 3.63) is 58.7 Å². The maximum Gasteiger partial charge on any atom is 0.262 e. The van der Waals surface area contributed by atoms with Crippen LogP contribution in [0.25, 0.3) is 0 Å². The highest BCUT2D eigenvalue weighted by atomic mass is 32.2. The number of aryl methyl sites for hydroxylation is 3. The summed E-state index contributed by atoms with van der Waals surface area (Å²) in [4.78, 5) is 12.4. The number of anilines is 1. The molecule has 2 aromatic carbocycles. The van der Waals surface area contributed by atoms with Crippen LogP contribution in [0.15, 0.2) is 41.3 Å². The van der Waals surface area contributed by atoms with Crippen molar-refractivity contribution in [1.82, 2.24) is 5.32 Å². The summed E-state index contributed by atoms with van der Waals surface area (Å²) >= 11 is 0. The van der Waals surface area contributed by atoms with Gasteiger partial charge in [-0.3, -0.25) is 9.52 Å². The first-order chi connectivity index (χ1) is 13.2. The van der Waals surface area contributed by atoms with Gasteiger partial charge < -0.3 is 10.1 Å². The topological polar surface area (TPSA) is 84.5 Å². The van der Waals surface area contributed by atoms with Crippen LogP contribution < -0.4 is 10.0 Å². The molecule has 0 atom stereocenters. The van der Waals surface area contributed by atoms with E-state index in [0.717, 1.165) is 11.1 Å². The van der Waals surface area contributed by atoms with Gasteiger partial charge in [0.2, 0.25) is 0 Å². The Morgan fingerprint density at radius 3 is 2.36 bits per heavy atom. The summed E-state index contributed by atoms with van der Waals surface area (Å²) in [5.74, 6) is -0.306. The van der Waals surface area contributed by atoms with Crippen LogP contribution >= 0.6 is 0 Å². The van der Waals surface area contributed by atoms with Crippen molar-refractivity contribution in [2.24, 2.45) is 0 Å². The van der Waals surface area contributed by atoms with E-state index in [-0.39, 0.29) is 10.8 Å². The average Bonchev–Trinajstić information content (AvgIpc) is 2.60. The van der Waals surface area contributed by atoms with E-state index in [9.17, 15) is 13.2 Å². The molecule has 0 spiro atoms. The molecular formula is C21H28N2O4S. The monoisotopic (exact) mass is 404 g/mol. The summed E-state index contributed by atoms with van der Waals surface area (Å²) in [6, 6.07) is 10.2. The van der Waals surface area contributed by atoms with E-state index in [1.54, 1.807) is 31.2 Å². The summed E-state index contributed by atoms with van der Waals surface area (Å²) in [5, 5.41) is 2.79. The first-order valence-electron chi connectivity index (χ1n) is 9.30. The average molecular weight is 405 g/mol. The van der Waals surface area contributed by atoms with Gasteiger partial charge in [-0.25, -0.2) is 8.42 Å². The molecule has 0 heterocycles. The van der Waals surface area contributed by atoms with Crippen molar-refractivity contribution in [2.45, 2.75) is 39.0 Å². The van der Waals surface area contributed by atoms with Crippen LogP contribution in [0.4, 0.5) is 5.69 Å². The molecule has 0 radical (unpaired) electrons. The highest BCUT2D eigenvalue weighted by Crippen LogP contribution is 2.22. The Hall–Kier alpha value is -2.38. The molecular weight excluding hydrogens is 376 g/mol. The van der Waals surface area contributed by atoms with E-state index in [1.807, 2.05) is 26.8 Å². The van der Waals surface area contributed by atoms with Gasteiger partial charge in [-0.05, 0) is 75.1 Å². The predicted octanol–water partition coefficient (Wildman–Crippen LogP) is 3.57. The summed E-state index contributed by atoms with van der Waals surface area (Å²) in [6.07, 6.45) is 0.699. The molecule has 0 aliphatic rings. The number of amides is 1. The quantitative estimate of drug-likeness (QED) is 0.626. The molecule has 2 rings (SSSR count). The van der Waals surface area contributed by atoms with Gasteiger partial charge in [-0.15, -0.1) is 0 Å². The van der Waals surface area contributed by atoms with Gasteiger partial charge >= 0.3 is 0 Å². The standard InChI is InChI=1S/C21H28N2O4S/c1-5-27-10-6-9-22-21(24)18-8-7-17(4)20(14-18)28(25,26)23-19-12-15(2)11-16(3)13-19/h7-8,11-14,23H,5-6,9-10H2,1-4H3,(H,22,24). The molecule has 152 valence electrons. The first-order valence-corrected chi connectivity index (χ1v) is 10.8. The maximum atomic E-state index is 12.9. The summed E-state index contributed by atoms with van der Waals surface area (Å²) in [7, 11) is -3.82. The largest absolute Gasteiger partial charge is 0.382 e. The molecule has 0 saturated carbocycles. The van der Waals surface area contributed by atoms with E-state index in [0.29, 0.717) is 43.0 Å². The number of hydrogen-bond acceptors (Lipinski definition) is 4. The lowest BCUT2D eigenvalue weighted by molar-refractivity contribution is 0.0944. The fourth-order valence-electron chi connectivity index (χ4n) is 2.90. The second-order valence-corrected chi connectivity index (χ2v) is 8.42. The third-order valence-electron chi connectivity index (χ3n) is 4.17. The number of sulfonamides is 1. The molecule has 0 bridgehead atoms. The number of rotatable bonds is 9. The van der Waals surface area contributed by atoms with E-state index >= 15 is 0 Å². The van der Waals surface area contributed by atoms with Gasteiger partial charge in [0.15, 0.2) is 0 Å². The Labute approximate surface area is 167 Å². The zero-order chi connectivity index (χ0) is 20.7. The molecule has 0 aliphatic carbocycles. The van der Waals surface area contributed by atoms with Gasteiger partial charge in [-0.2, -0.15) is 0 Å². The zero-order valence-electron chi connectivity index (χ0n) is 16.8. The number of carbonyl (C=O) groups excluding carboxylic acids is 1. The predicted molar refractivity (Wildman–Crippen MR) is 111 cm³/mol. The summed E-state index contributed by atoms with van der Waals surface area (Å²) < 4.78 is 33.6. The van der Waals surface area contributed by atoms with Crippen molar-refractivity contribution >= 4 is 21.6 Å². The zero-order valence-corrected chi connectivity index (χ0v) is 17.7. The number of carbonyl (C=O) groups is 1. The van der Waals surface area contributed by atoms with Crippen LogP contribution in [0.3, 0.4) is 0 Å². The number of nitrogens with one attached hydrogen (secondary N) is 2. The van der Waals surface area contributed by atoms with Crippen LogP contribution in [0.2, 0.25) is 0 Å². The lowest BCUT2D eigenvalue weighted by Crippen LogP contribution is -2.26. The van der Waals surface area contributed by atoms with Crippen LogP contribution in [0, 0.1) is 20.8 Å². The van der Waals surface area contributed by atoms with E-state index in [4.69, 9.17) is 4.74 Å². The summed E-state index contributed by atoms with van der Waals surface area (Å²) in [5.41, 5.74) is 3.32. The molecule has 28 heavy (non-hydrogen) atoms. The molecule has 6 nitrogen and oxygen atoms in total. The Bertz CT molecular complexity index is 919. The van der Waals surface area contributed by atoms with Crippen molar-refractivity contribution < 1.29 is 17.9 Å². The van der Waals surface area contributed by atoms with Gasteiger partial charge in [0.05, 0.1) is 4.90 Å². The van der Waals surface area contributed by atoms with E-state index in [1.165, 1.54) is 6.07 Å².